The molecule has 0 bridgehead atoms. The number of nitrogen functional groups attached to an aromatic ring is 1. The number of ether oxygens (including phenoxy) is 1. The summed E-state index contributed by atoms with van der Waals surface area (Å²) in [6.45, 7) is 1.52. The molecule has 8 nitrogen and oxygen atoms in total. The maximum absolute atomic E-state index is 13.3. The zero-order chi connectivity index (χ0) is 15.3. The fourth-order valence-electron chi connectivity index (χ4n) is 1.25. The van der Waals surface area contributed by atoms with Crippen molar-refractivity contribution < 1.29 is 22.3 Å². The van der Waals surface area contributed by atoms with Crippen molar-refractivity contribution in [1.29, 1.82) is 5.41 Å². The lowest BCUT2D eigenvalue weighted by atomic mass is 10.2. The second kappa shape index (κ2) is 6.19. The summed E-state index contributed by atoms with van der Waals surface area (Å²) in [5, 5.41) is 7.14. The zero-order valence-electron chi connectivity index (χ0n) is 10.4. The Morgan fingerprint density at radius 2 is 2.15 bits per heavy atom. The molecule has 1 rings (SSSR count). The van der Waals surface area contributed by atoms with Gasteiger partial charge in [0.05, 0.1) is 17.9 Å². The van der Waals surface area contributed by atoms with E-state index in [0.717, 1.165) is 18.2 Å². The van der Waals surface area contributed by atoms with E-state index in [1.165, 1.54) is 6.92 Å². The first-order valence-electron chi connectivity index (χ1n) is 5.36. The average molecular weight is 304 g/mol. The third-order valence-electron chi connectivity index (χ3n) is 2.00. The van der Waals surface area contributed by atoms with Gasteiger partial charge in [-0.25, -0.2) is 13.9 Å². The quantitative estimate of drug-likeness (QED) is 0.464. The van der Waals surface area contributed by atoms with Gasteiger partial charge in [0.2, 0.25) is 0 Å². The van der Waals surface area contributed by atoms with Gasteiger partial charge in [0.15, 0.2) is 0 Å². The highest BCUT2D eigenvalue weighted by atomic mass is 32.2. The van der Waals surface area contributed by atoms with Crippen LogP contribution in [-0.4, -0.2) is 27.0 Å². The van der Waals surface area contributed by atoms with E-state index < -0.39 is 28.0 Å². The number of anilines is 1. The van der Waals surface area contributed by atoms with Crippen LogP contribution >= 0.6 is 0 Å². The standard InChI is InChI=1S/C10H13FN4O4S/c1-2-19-10(16)15-20(17,18)14-6-3-4-8(11)7(5-6)9(12)13/h3-5,14H,2H2,1H3,(H3,12,13)(H,15,16). The van der Waals surface area contributed by atoms with Gasteiger partial charge in [-0.05, 0) is 25.1 Å². The Balaban J connectivity index is 2.90. The highest BCUT2D eigenvalue weighted by molar-refractivity contribution is 7.91. The van der Waals surface area contributed by atoms with E-state index in [1.54, 1.807) is 4.72 Å². The molecule has 0 unspecified atom stereocenters. The molecule has 0 fully saturated rings. The Kier molecular flexibility index (Phi) is 4.86. The minimum absolute atomic E-state index is 0.00634. The number of benzene rings is 1. The van der Waals surface area contributed by atoms with Crippen molar-refractivity contribution >= 4 is 27.8 Å². The summed E-state index contributed by atoms with van der Waals surface area (Å²) < 4.78 is 44.3. The minimum atomic E-state index is -4.22. The lowest BCUT2D eigenvalue weighted by molar-refractivity contribution is 0.159. The highest BCUT2D eigenvalue weighted by Crippen LogP contribution is 2.15. The molecule has 0 aliphatic rings. The lowest BCUT2D eigenvalue weighted by Gasteiger charge is -2.10. The van der Waals surface area contributed by atoms with Gasteiger partial charge in [-0.3, -0.25) is 10.1 Å². The van der Waals surface area contributed by atoms with Gasteiger partial charge in [-0.2, -0.15) is 8.42 Å². The van der Waals surface area contributed by atoms with Crippen LogP contribution in [0.15, 0.2) is 18.2 Å². The Morgan fingerprint density at radius 3 is 2.70 bits per heavy atom. The normalized spacial score (nSPS) is 10.7. The van der Waals surface area contributed by atoms with Gasteiger partial charge < -0.3 is 10.5 Å². The van der Waals surface area contributed by atoms with E-state index in [9.17, 15) is 17.6 Å². The summed E-state index contributed by atoms with van der Waals surface area (Å²) in [5.74, 6) is -1.32. The third kappa shape index (κ3) is 4.39. The van der Waals surface area contributed by atoms with Crippen molar-refractivity contribution in [2.45, 2.75) is 6.92 Å². The summed E-state index contributed by atoms with van der Waals surface area (Å²) in [6.07, 6.45) is -1.14. The number of halogens is 1. The Morgan fingerprint density at radius 1 is 1.50 bits per heavy atom. The molecular weight excluding hydrogens is 291 g/mol. The fourth-order valence-corrected chi connectivity index (χ4v) is 2.01. The van der Waals surface area contributed by atoms with Gasteiger partial charge in [0.25, 0.3) is 0 Å². The monoisotopic (exact) mass is 304 g/mol. The second-order valence-electron chi connectivity index (χ2n) is 3.54. The molecule has 0 atom stereocenters. The molecule has 0 saturated carbocycles. The Labute approximate surface area is 114 Å². The van der Waals surface area contributed by atoms with Gasteiger partial charge >= 0.3 is 16.3 Å². The predicted octanol–water partition coefficient (Wildman–Crippen LogP) is 0.513. The zero-order valence-corrected chi connectivity index (χ0v) is 11.3. The number of carbonyl (C=O) groups excluding carboxylic acids is 1. The van der Waals surface area contributed by atoms with Gasteiger partial charge in [-0.1, -0.05) is 0 Å². The van der Waals surface area contributed by atoms with Crippen molar-refractivity contribution in [3.05, 3.63) is 29.6 Å². The second-order valence-corrected chi connectivity index (χ2v) is 4.95. The van der Waals surface area contributed by atoms with E-state index in [1.807, 2.05) is 4.72 Å². The predicted molar refractivity (Wildman–Crippen MR) is 70.1 cm³/mol. The summed E-state index contributed by atoms with van der Waals surface area (Å²) in [7, 11) is -4.22. The molecule has 1 aromatic carbocycles. The van der Waals surface area contributed by atoms with E-state index in [4.69, 9.17) is 11.1 Å². The molecule has 1 amide bonds. The number of nitrogens with one attached hydrogen (secondary N) is 3. The molecule has 0 spiro atoms. The molecule has 110 valence electrons. The first-order valence-corrected chi connectivity index (χ1v) is 6.84. The van der Waals surface area contributed by atoms with Crippen molar-refractivity contribution in [2.24, 2.45) is 5.73 Å². The first kappa shape index (κ1) is 15.7. The third-order valence-corrected chi connectivity index (χ3v) is 2.94. The molecule has 0 aliphatic heterocycles. The number of hydrogen-bond donors (Lipinski definition) is 4. The summed E-state index contributed by atoms with van der Waals surface area (Å²) in [5.41, 5.74) is 4.82. The van der Waals surface area contributed by atoms with E-state index in [0.29, 0.717) is 0 Å². The number of amidine groups is 1. The topological polar surface area (TPSA) is 134 Å². The average Bonchev–Trinajstić information content (AvgIpc) is 2.30. The number of amides is 1. The molecule has 0 aromatic heterocycles. The summed E-state index contributed by atoms with van der Waals surface area (Å²) in [6, 6.07) is 3.09. The molecule has 5 N–H and O–H groups in total. The fraction of sp³-hybridized carbons (Fsp3) is 0.200. The van der Waals surface area contributed by atoms with Gasteiger partial charge in [0.1, 0.15) is 11.7 Å². The number of nitrogens with two attached hydrogens (primary N) is 1. The Hall–Kier alpha value is -2.36. The summed E-state index contributed by atoms with van der Waals surface area (Å²) in [4.78, 5) is 11.0. The maximum atomic E-state index is 13.3. The molecule has 10 heteroatoms. The van der Waals surface area contributed by atoms with E-state index in [-0.39, 0.29) is 17.9 Å². The highest BCUT2D eigenvalue weighted by Gasteiger charge is 2.16. The van der Waals surface area contributed by atoms with Crippen molar-refractivity contribution in [3.8, 4) is 0 Å². The molecule has 0 aliphatic carbocycles. The van der Waals surface area contributed by atoms with Gasteiger partial charge in [0, 0.05) is 0 Å². The number of rotatable bonds is 5. The van der Waals surface area contributed by atoms with Crippen LogP contribution in [0.4, 0.5) is 14.9 Å². The van der Waals surface area contributed by atoms with Crippen molar-refractivity contribution in [1.82, 2.24) is 4.72 Å². The van der Waals surface area contributed by atoms with E-state index in [2.05, 4.69) is 4.74 Å². The molecular formula is C10H13FN4O4S. The largest absolute Gasteiger partial charge is 0.449 e. The number of carbonyl (C=O) groups is 1. The van der Waals surface area contributed by atoms with Crippen molar-refractivity contribution in [3.63, 3.8) is 0 Å². The molecule has 0 heterocycles. The SMILES string of the molecule is CCOC(=O)NS(=O)(=O)Nc1ccc(F)c(C(=N)N)c1. The smallest absolute Gasteiger partial charge is 0.422 e. The van der Waals surface area contributed by atoms with Crippen LogP contribution in [0.25, 0.3) is 0 Å². The van der Waals surface area contributed by atoms with Crippen LogP contribution in [0.2, 0.25) is 0 Å². The molecule has 20 heavy (non-hydrogen) atoms. The number of hydrogen-bond acceptors (Lipinski definition) is 5. The van der Waals surface area contributed by atoms with Crippen LogP contribution in [0, 0.1) is 11.2 Å². The summed E-state index contributed by atoms with van der Waals surface area (Å²) >= 11 is 0. The van der Waals surface area contributed by atoms with Crippen LogP contribution in [-0.2, 0) is 14.9 Å². The van der Waals surface area contributed by atoms with Crippen LogP contribution in [0.1, 0.15) is 12.5 Å². The van der Waals surface area contributed by atoms with E-state index >= 15 is 0 Å². The lowest BCUT2D eigenvalue weighted by Crippen LogP contribution is -2.35. The molecule has 0 radical (unpaired) electrons. The molecule has 1 aromatic rings. The van der Waals surface area contributed by atoms with Crippen LogP contribution < -0.4 is 15.2 Å². The van der Waals surface area contributed by atoms with Crippen LogP contribution in [0.3, 0.4) is 0 Å². The molecule has 0 saturated heterocycles. The first-order chi connectivity index (χ1) is 9.25. The Bertz CT molecular complexity index is 632. The maximum Gasteiger partial charge on any atom is 0.422 e. The van der Waals surface area contributed by atoms with Crippen molar-refractivity contribution in [2.75, 3.05) is 11.3 Å². The minimum Gasteiger partial charge on any atom is -0.449 e. The van der Waals surface area contributed by atoms with Crippen LogP contribution in [0.5, 0.6) is 0 Å². The van der Waals surface area contributed by atoms with Gasteiger partial charge in [-0.15, -0.1) is 0 Å².